The number of amides is 1. The minimum Gasteiger partial charge on any atom is -0.362 e. The average Bonchev–Trinajstić information content (AvgIpc) is 3.08. The molecule has 3 aliphatic heterocycles. The predicted molar refractivity (Wildman–Crippen MR) is 212 cm³/mol. The molecule has 1 amide bonds. The number of aryl methyl sites for hydroxylation is 3. The van der Waals surface area contributed by atoms with Crippen molar-refractivity contribution >= 4 is 40.3 Å². The van der Waals surface area contributed by atoms with E-state index < -0.39 is 94.0 Å². The van der Waals surface area contributed by atoms with Crippen LogP contribution in [0.15, 0.2) is 54.6 Å². The van der Waals surface area contributed by atoms with E-state index in [2.05, 4.69) is 10.6 Å². The number of hydrogen-bond donors (Lipinski definition) is 3. The van der Waals surface area contributed by atoms with E-state index in [1.54, 1.807) is 20.8 Å². The van der Waals surface area contributed by atoms with Gasteiger partial charge in [-0.25, -0.2) is 52.7 Å². The van der Waals surface area contributed by atoms with Gasteiger partial charge in [0, 0.05) is 16.7 Å². The van der Waals surface area contributed by atoms with Crippen molar-refractivity contribution in [2.24, 2.45) is 0 Å². The number of thiocarbonyl (C=S) groups is 2. The summed E-state index contributed by atoms with van der Waals surface area (Å²) in [5.41, 5.74) is -12.6. The maximum Gasteiger partial charge on any atom is 0.278 e. The van der Waals surface area contributed by atoms with Crippen molar-refractivity contribution in [1.29, 1.82) is 0 Å². The van der Waals surface area contributed by atoms with Crippen LogP contribution < -0.4 is 16.0 Å². The van der Waals surface area contributed by atoms with Gasteiger partial charge in [-0.2, -0.15) is 0 Å². The fourth-order valence-electron chi connectivity index (χ4n) is 7.23. The maximum atomic E-state index is 14.4. The van der Waals surface area contributed by atoms with Crippen molar-refractivity contribution < 1.29 is 57.5 Å². The molecule has 6 atom stereocenters. The van der Waals surface area contributed by atoms with Gasteiger partial charge in [0.25, 0.3) is 23.7 Å². The molecule has 3 N–H and O–H groups in total. The highest BCUT2D eigenvalue weighted by Crippen LogP contribution is 2.51. The smallest absolute Gasteiger partial charge is 0.278 e. The molecule has 3 aliphatic rings. The predicted octanol–water partition coefficient (Wildman–Crippen LogP) is 11.3. The standard InChI is InChI=1S/C14H15F4NO.2C14H15F4NS/c3*1-8-4-5-10(15)9(6-8)13(3)14(17,18)7-12(2,16)11(20)19-13/h3*4-6H,7H2,1-3H3,(H,19,20)/t12?,13-;12-,13+;12-,13-/m101/s1. The van der Waals surface area contributed by atoms with E-state index in [0.29, 0.717) is 16.7 Å². The number of nitrogens with one attached hydrogen (secondary N) is 3. The summed E-state index contributed by atoms with van der Waals surface area (Å²) in [6.45, 7) is 11.1. The zero-order valence-corrected chi connectivity index (χ0v) is 35.7. The molecule has 3 heterocycles. The third kappa shape index (κ3) is 8.86. The Labute approximate surface area is 351 Å². The normalized spacial score (nSPS) is 32.9. The summed E-state index contributed by atoms with van der Waals surface area (Å²) >= 11 is 9.66. The number of alkyl halides is 9. The lowest BCUT2D eigenvalue weighted by molar-refractivity contribution is -0.175. The molecule has 0 bridgehead atoms. The second-order valence-electron chi connectivity index (χ2n) is 16.9. The number of benzene rings is 3. The van der Waals surface area contributed by atoms with E-state index in [4.69, 9.17) is 24.4 Å². The summed E-state index contributed by atoms with van der Waals surface area (Å²) in [7, 11) is 0. The van der Waals surface area contributed by atoms with E-state index in [-0.39, 0.29) is 26.7 Å². The van der Waals surface area contributed by atoms with E-state index in [1.165, 1.54) is 36.4 Å². The van der Waals surface area contributed by atoms with Gasteiger partial charge in [0.15, 0.2) is 17.0 Å². The molecule has 60 heavy (non-hydrogen) atoms. The van der Waals surface area contributed by atoms with Crippen LogP contribution >= 0.6 is 24.4 Å². The van der Waals surface area contributed by atoms with Crippen molar-refractivity contribution in [1.82, 2.24) is 16.0 Å². The van der Waals surface area contributed by atoms with Gasteiger partial charge in [0.1, 0.15) is 44.0 Å². The molecule has 3 fully saturated rings. The number of halogens is 12. The van der Waals surface area contributed by atoms with Crippen molar-refractivity contribution in [2.75, 3.05) is 0 Å². The topological polar surface area (TPSA) is 53.2 Å². The van der Waals surface area contributed by atoms with Crippen molar-refractivity contribution in [2.45, 2.75) is 133 Å². The van der Waals surface area contributed by atoms with Crippen LogP contribution in [-0.4, -0.2) is 50.7 Å². The van der Waals surface area contributed by atoms with Crippen LogP contribution in [0.5, 0.6) is 0 Å². The largest absolute Gasteiger partial charge is 0.362 e. The van der Waals surface area contributed by atoms with Crippen LogP contribution in [0.1, 0.15) is 94.2 Å². The molecule has 1 unspecified atom stereocenters. The molecule has 3 saturated heterocycles. The van der Waals surface area contributed by atoms with Gasteiger partial charge >= 0.3 is 0 Å². The highest BCUT2D eigenvalue weighted by Gasteiger charge is 2.64. The van der Waals surface area contributed by atoms with Gasteiger partial charge in [-0.15, -0.1) is 0 Å². The van der Waals surface area contributed by atoms with Gasteiger partial charge in [-0.05, 0) is 80.5 Å². The molecule has 6 rings (SSSR count). The summed E-state index contributed by atoms with van der Waals surface area (Å²) in [6, 6.07) is 11.6. The van der Waals surface area contributed by atoms with E-state index >= 15 is 0 Å². The van der Waals surface area contributed by atoms with E-state index in [9.17, 15) is 57.5 Å². The summed E-state index contributed by atoms with van der Waals surface area (Å²) in [4.78, 5) is 11.0. The summed E-state index contributed by atoms with van der Waals surface area (Å²) in [6.07, 6.45) is -3.43. The lowest BCUT2D eigenvalue weighted by atomic mass is 9.75. The second-order valence-corrected chi connectivity index (χ2v) is 17.7. The molecule has 3 aromatic carbocycles. The molecule has 18 heteroatoms. The molecule has 0 radical (unpaired) electrons. The van der Waals surface area contributed by atoms with Gasteiger partial charge in [0.05, 0.1) is 19.3 Å². The van der Waals surface area contributed by atoms with Gasteiger partial charge in [-0.1, -0.05) is 77.5 Å². The van der Waals surface area contributed by atoms with Crippen LogP contribution in [-0.2, 0) is 21.4 Å². The first-order chi connectivity index (χ1) is 27.0. The zero-order chi connectivity index (χ0) is 46.0. The van der Waals surface area contributed by atoms with Crippen LogP contribution in [0.3, 0.4) is 0 Å². The van der Waals surface area contributed by atoms with Crippen LogP contribution in [0.25, 0.3) is 0 Å². The molecule has 0 aliphatic carbocycles. The minimum absolute atomic E-state index is 0.208. The lowest BCUT2D eigenvalue weighted by Gasteiger charge is -2.47. The molecular weight excluding hydrogens is 855 g/mol. The van der Waals surface area contributed by atoms with Crippen LogP contribution in [0.2, 0.25) is 0 Å². The third-order valence-corrected chi connectivity index (χ3v) is 12.4. The Morgan fingerprint density at radius 3 is 0.983 bits per heavy atom. The molecule has 0 saturated carbocycles. The molecule has 0 spiro atoms. The van der Waals surface area contributed by atoms with Gasteiger partial charge < -0.3 is 16.0 Å². The van der Waals surface area contributed by atoms with Crippen molar-refractivity contribution in [3.8, 4) is 0 Å². The number of carbonyl (C=O) groups is 1. The molecule has 330 valence electrons. The van der Waals surface area contributed by atoms with Gasteiger partial charge in [-0.3, -0.25) is 4.79 Å². The third-order valence-electron chi connectivity index (χ3n) is 11.3. The highest BCUT2D eigenvalue weighted by atomic mass is 32.1. The fourth-order valence-corrected chi connectivity index (χ4v) is 7.78. The average molecular weight is 900 g/mol. The lowest BCUT2D eigenvalue weighted by Crippen LogP contribution is -2.66. The Hall–Kier alpha value is -3.93. The number of piperidine rings is 3. The first-order valence-electron chi connectivity index (χ1n) is 18.5. The Morgan fingerprint density at radius 1 is 0.450 bits per heavy atom. The Bertz CT molecular complexity index is 1950. The molecule has 3 aromatic rings. The van der Waals surface area contributed by atoms with Crippen molar-refractivity contribution in [3.05, 3.63) is 105 Å². The Balaban J connectivity index is 0.000000198. The number of hydrogen-bond acceptors (Lipinski definition) is 3. The Kier molecular flexibility index (Phi) is 12.8. The molecular formula is C42H45F12N3OS2. The van der Waals surface area contributed by atoms with Crippen LogP contribution in [0, 0.1) is 38.2 Å². The number of carbonyl (C=O) groups excluding carboxylic acids is 1. The van der Waals surface area contributed by atoms with Crippen LogP contribution in [0.4, 0.5) is 52.7 Å². The monoisotopic (exact) mass is 899 g/mol. The molecule has 4 nitrogen and oxygen atoms in total. The van der Waals surface area contributed by atoms with Crippen molar-refractivity contribution in [3.63, 3.8) is 0 Å². The summed E-state index contributed by atoms with van der Waals surface area (Å²) in [5.74, 6) is -14.1. The Morgan fingerprint density at radius 2 is 0.700 bits per heavy atom. The quantitative estimate of drug-likeness (QED) is 0.181. The van der Waals surface area contributed by atoms with Gasteiger partial charge in [0.2, 0.25) is 0 Å². The zero-order valence-electron chi connectivity index (χ0n) is 34.1. The number of rotatable bonds is 3. The molecule has 0 aromatic heterocycles. The minimum atomic E-state index is -3.61. The highest BCUT2D eigenvalue weighted by molar-refractivity contribution is 7.80. The summed E-state index contributed by atoms with van der Waals surface area (Å²) in [5, 5.41) is 6.60. The first-order valence-corrected chi connectivity index (χ1v) is 19.3. The van der Waals surface area contributed by atoms with E-state index in [0.717, 1.165) is 59.7 Å². The fraction of sp³-hybridized carbons (Fsp3) is 0.500. The first kappa shape index (κ1) is 48.7. The second kappa shape index (κ2) is 15.8. The van der Waals surface area contributed by atoms with E-state index in [1.807, 2.05) is 5.32 Å². The SMILES string of the molecule is Cc1ccc(F)c([C@@]2(C)NC(=O)C(C)(F)CC2(F)F)c1.Cc1ccc(F)c([C@@]2(C)NC(=S)[C@@](C)(F)CC2(F)F)c1.Cc1ccc(F)c([C@@]2(C)NC(=S)[C@](C)(F)CC2(F)F)c1. The maximum absolute atomic E-state index is 14.4. The summed E-state index contributed by atoms with van der Waals surface area (Å²) < 4.78 is 170.